The first-order valence-electron chi connectivity index (χ1n) is 3.67. The molecule has 0 aliphatic carbocycles. The average Bonchev–Trinajstić information content (AvgIpc) is 2.16. The standard InChI is InChI=1S/C8H7BrClF2NO/c1-14-6-5(8(11)12)2-4(3-9)13-7(6)10/h2,8H,3H2,1H3. The van der Waals surface area contributed by atoms with Crippen LogP contribution >= 0.6 is 27.5 Å². The van der Waals surface area contributed by atoms with Gasteiger partial charge in [0.2, 0.25) is 0 Å². The van der Waals surface area contributed by atoms with Crippen molar-refractivity contribution >= 4 is 27.5 Å². The van der Waals surface area contributed by atoms with Crippen LogP contribution in [-0.2, 0) is 5.33 Å². The van der Waals surface area contributed by atoms with Crippen LogP contribution in [0.25, 0.3) is 0 Å². The van der Waals surface area contributed by atoms with E-state index in [2.05, 4.69) is 20.9 Å². The smallest absolute Gasteiger partial charge is 0.267 e. The molecule has 2 nitrogen and oxygen atoms in total. The Kier molecular flexibility index (Phi) is 4.07. The van der Waals surface area contributed by atoms with Crippen molar-refractivity contribution < 1.29 is 13.5 Å². The van der Waals surface area contributed by atoms with Crippen LogP contribution in [0.1, 0.15) is 17.7 Å². The summed E-state index contributed by atoms with van der Waals surface area (Å²) in [6, 6.07) is 1.27. The molecule has 0 radical (unpaired) electrons. The van der Waals surface area contributed by atoms with E-state index in [1.165, 1.54) is 13.2 Å². The molecule has 78 valence electrons. The SMILES string of the molecule is COc1c(C(F)F)cc(CBr)nc1Cl. The predicted octanol–water partition coefficient (Wildman–Crippen LogP) is 3.58. The molecule has 0 bridgehead atoms. The van der Waals surface area contributed by atoms with E-state index in [1.54, 1.807) is 0 Å². The normalized spacial score (nSPS) is 10.7. The van der Waals surface area contributed by atoms with Gasteiger partial charge in [0.1, 0.15) is 0 Å². The van der Waals surface area contributed by atoms with Crippen molar-refractivity contribution in [3.63, 3.8) is 0 Å². The highest BCUT2D eigenvalue weighted by Gasteiger charge is 2.18. The van der Waals surface area contributed by atoms with E-state index >= 15 is 0 Å². The van der Waals surface area contributed by atoms with Crippen LogP contribution in [0.5, 0.6) is 5.75 Å². The Balaban J connectivity index is 3.28. The highest BCUT2D eigenvalue weighted by Crippen LogP contribution is 2.34. The molecule has 0 atom stereocenters. The Morgan fingerprint density at radius 3 is 2.71 bits per heavy atom. The molecule has 1 aromatic rings. The molecule has 1 rings (SSSR count). The second-order valence-corrected chi connectivity index (χ2v) is 3.38. The van der Waals surface area contributed by atoms with Gasteiger partial charge in [-0.2, -0.15) is 0 Å². The number of hydrogen-bond donors (Lipinski definition) is 0. The van der Waals surface area contributed by atoms with E-state index in [0.717, 1.165) is 0 Å². The fourth-order valence-electron chi connectivity index (χ4n) is 1.01. The van der Waals surface area contributed by atoms with E-state index < -0.39 is 6.43 Å². The third-order valence-corrected chi connectivity index (χ3v) is 2.42. The number of rotatable bonds is 3. The predicted molar refractivity (Wildman–Crippen MR) is 53.4 cm³/mol. The molecule has 0 saturated heterocycles. The van der Waals surface area contributed by atoms with Gasteiger partial charge < -0.3 is 4.74 Å². The van der Waals surface area contributed by atoms with Crippen molar-refractivity contribution in [1.82, 2.24) is 4.98 Å². The zero-order chi connectivity index (χ0) is 10.7. The van der Waals surface area contributed by atoms with Crippen molar-refractivity contribution in [2.75, 3.05) is 7.11 Å². The van der Waals surface area contributed by atoms with Crippen LogP contribution in [0.4, 0.5) is 8.78 Å². The Labute approximate surface area is 93.4 Å². The van der Waals surface area contributed by atoms with Gasteiger partial charge in [0.05, 0.1) is 18.4 Å². The molecule has 0 saturated carbocycles. The van der Waals surface area contributed by atoms with E-state index in [0.29, 0.717) is 11.0 Å². The lowest BCUT2D eigenvalue weighted by molar-refractivity contribution is 0.147. The summed E-state index contributed by atoms with van der Waals surface area (Å²) in [6.45, 7) is 0. The maximum atomic E-state index is 12.5. The van der Waals surface area contributed by atoms with Crippen molar-refractivity contribution in [2.24, 2.45) is 0 Å². The fourth-order valence-corrected chi connectivity index (χ4v) is 1.59. The van der Waals surface area contributed by atoms with Gasteiger partial charge in [-0.1, -0.05) is 27.5 Å². The first-order chi connectivity index (χ1) is 6.60. The second-order valence-electron chi connectivity index (χ2n) is 2.46. The Morgan fingerprint density at radius 1 is 1.64 bits per heavy atom. The number of methoxy groups -OCH3 is 1. The zero-order valence-electron chi connectivity index (χ0n) is 7.23. The lowest BCUT2D eigenvalue weighted by Crippen LogP contribution is -1.98. The summed E-state index contributed by atoms with van der Waals surface area (Å²) in [5.41, 5.74) is 0.216. The average molecular weight is 287 g/mol. The summed E-state index contributed by atoms with van der Waals surface area (Å²) in [4.78, 5) is 3.87. The Morgan fingerprint density at radius 2 is 2.29 bits per heavy atom. The maximum absolute atomic E-state index is 12.5. The van der Waals surface area contributed by atoms with Gasteiger partial charge in [-0.3, -0.25) is 0 Å². The van der Waals surface area contributed by atoms with Crippen LogP contribution in [0, 0.1) is 0 Å². The Bertz CT molecular complexity index is 335. The fraction of sp³-hybridized carbons (Fsp3) is 0.375. The van der Waals surface area contributed by atoms with E-state index in [4.69, 9.17) is 16.3 Å². The number of alkyl halides is 3. The molecular weight excluding hydrogens is 279 g/mol. The van der Waals surface area contributed by atoms with E-state index in [-0.39, 0.29) is 16.5 Å². The number of pyridine rings is 1. The zero-order valence-corrected chi connectivity index (χ0v) is 9.57. The van der Waals surface area contributed by atoms with Crippen LogP contribution in [-0.4, -0.2) is 12.1 Å². The number of ether oxygens (including phenoxy) is 1. The minimum Gasteiger partial charge on any atom is -0.493 e. The van der Waals surface area contributed by atoms with Gasteiger partial charge >= 0.3 is 0 Å². The first kappa shape index (κ1) is 11.7. The molecule has 0 unspecified atom stereocenters. The quantitative estimate of drug-likeness (QED) is 0.626. The number of aromatic nitrogens is 1. The molecule has 0 fully saturated rings. The van der Waals surface area contributed by atoms with Crippen molar-refractivity contribution in [3.8, 4) is 5.75 Å². The Hall–Kier alpha value is -0.420. The summed E-state index contributed by atoms with van der Waals surface area (Å²) in [5.74, 6) is -0.0635. The molecule has 1 aromatic heterocycles. The van der Waals surface area contributed by atoms with E-state index in [1.807, 2.05) is 0 Å². The number of nitrogens with zero attached hydrogens (tertiary/aromatic N) is 1. The van der Waals surface area contributed by atoms with Crippen LogP contribution in [0.2, 0.25) is 5.15 Å². The highest BCUT2D eigenvalue weighted by atomic mass is 79.9. The largest absolute Gasteiger partial charge is 0.493 e. The second kappa shape index (κ2) is 4.89. The third-order valence-electron chi connectivity index (χ3n) is 1.59. The summed E-state index contributed by atoms with van der Waals surface area (Å²) in [5, 5.41) is 0.330. The molecular formula is C8H7BrClF2NO. The van der Waals surface area contributed by atoms with Gasteiger partial charge in [-0.25, -0.2) is 13.8 Å². The van der Waals surface area contributed by atoms with Crippen molar-refractivity contribution in [2.45, 2.75) is 11.8 Å². The van der Waals surface area contributed by atoms with Crippen molar-refractivity contribution in [3.05, 3.63) is 22.5 Å². The summed E-state index contributed by atoms with van der Waals surface area (Å²) < 4.78 is 29.8. The summed E-state index contributed by atoms with van der Waals surface area (Å²) in [7, 11) is 1.28. The van der Waals surface area contributed by atoms with Gasteiger partial charge in [-0.05, 0) is 6.07 Å². The number of halogens is 4. The molecule has 0 amide bonds. The van der Waals surface area contributed by atoms with Crippen LogP contribution in [0.3, 0.4) is 0 Å². The molecule has 1 heterocycles. The minimum atomic E-state index is -2.62. The molecule has 0 aromatic carbocycles. The molecule has 0 N–H and O–H groups in total. The van der Waals surface area contributed by atoms with Gasteiger partial charge in [0, 0.05) is 5.33 Å². The number of hydrogen-bond acceptors (Lipinski definition) is 2. The van der Waals surface area contributed by atoms with Gasteiger partial charge in [0.25, 0.3) is 6.43 Å². The molecule has 0 aliphatic heterocycles. The third kappa shape index (κ3) is 2.33. The molecule has 14 heavy (non-hydrogen) atoms. The minimum absolute atomic E-state index is 0.0419. The van der Waals surface area contributed by atoms with Gasteiger partial charge in [-0.15, -0.1) is 0 Å². The molecule has 6 heteroatoms. The van der Waals surface area contributed by atoms with Crippen LogP contribution in [0.15, 0.2) is 6.07 Å². The van der Waals surface area contributed by atoms with E-state index in [9.17, 15) is 8.78 Å². The molecule has 0 aliphatic rings. The van der Waals surface area contributed by atoms with Gasteiger partial charge in [0.15, 0.2) is 10.9 Å². The van der Waals surface area contributed by atoms with Crippen molar-refractivity contribution in [1.29, 1.82) is 0 Å². The first-order valence-corrected chi connectivity index (χ1v) is 5.17. The summed E-state index contributed by atoms with van der Waals surface area (Å²) in [6.07, 6.45) is -2.62. The molecule has 0 spiro atoms. The highest BCUT2D eigenvalue weighted by molar-refractivity contribution is 9.08. The lowest BCUT2D eigenvalue weighted by atomic mass is 10.2. The maximum Gasteiger partial charge on any atom is 0.267 e. The lowest BCUT2D eigenvalue weighted by Gasteiger charge is -2.10. The topological polar surface area (TPSA) is 22.1 Å². The van der Waals surface area contributed by atoms with Crippen LogP contribution < -0.4 is 4.74 Å². The summed E-state index contributed by atoms with van der Waals surface area (Å²) >= 11 is 8.78. The monoisotopic (exact) mass is 285 g/mol.